The van der Waals surface area contributed by atoms with E-state index in [-0.39, 0.29) is 17.7 Å². The molecule has 0 radical (unpaired) electrons. The fraction of sp³-hybridized carbons (Fsp3) is 0.619. The van der Waals surface area contributed by atoms with E-state index in [1.165, 1.54) is 0 Å². The summed E-state index contributed by atoms with van der Waals surface area (Å²) in [6, 6.07) is 5.64. The molecule has 28 heavy (non-hydrogen) atoms. The number of carbonyl (C=O) groups excluding carboxylic acids is 2. The van der Waals surface area contributed by atoms with Gasteiger partial charge in [-0.3, -0.25) is 14.6 Å². The van der Waals surface area contributed by atoms with Gasteiger partial charge < -0.3 is 14.6 Å². The van der Waals surface area contributed by atoms with Crippen molar-refractivity contribution in [2.45, 2.75) is 58.1 Å². The van der Waals surface area contributed by atoms with E-state index >= 15 is 0 Å². The molecule has 0 aromatic carbocycles. The van der Waals surface area contributed by atoms with Crippen LogP contribution in [0.15, 0.2) is 29.6 Å². The predicted octanol–water partition coefficient (Wildman–Crippen LogP) is 2.61. The Morgan fingerprint density at radius 3 is 2.79 bits per heavy atom. The van der Waals surface area contributed by atoms with Crippen LogP contribution < -0.4 is 0 Å². The molecule has 2 aliphatic heterocycles. The molecule has 1 atom stereocenters. The van der Waals surface area contributed by atoms with E-state index in [1.807, 2.05) is 23.1 Å². The van der Waals surface area contributed by atoms with Crippen LogP contribution in [0.2, 0.25) is 0 Å². The molecule has 0 saturated carbocycles. The van der Waals surface area contributed by atoms with E-state index < -0.39 is 5.60 Å². The number of pyridine rings is 1. The van der Waals surface area contributed by atoms with Crippen molar-refractivity contribution in [3.63, 3.8) is 0 Å². The third-order valence-corrected chi connectivity index (χ3v) is 5.74. The fourth-order valence-electron chi connectivity index (χ4n) is 4.06. The second kappa shape index (κ2) is 8.71. The quantitative estimate of drug-likeness (QED) is 0.753. The van der Waals surface area contributed by atoms with E-state index in [0.717, 1.165) is 37.9 Å². The maximum atomic E-state index is 12.8. The van der Waals surface area contributed by atoms with Crippen LogP contribution in [0.4, 0.5) is 0 Å². The Labute approximate surface area is 166 Å². The van der Waals surface area contributed by atoms with Gasteiger partial charge in [0.1, 0.15) is 5.71 Å². The van der Waals surface area contributed by atoms with E-state index in [0.29, 0.717) is 25.2 Å². The lowest BCUT2D eigenvalue weighted by molar-refractivity contribution is -0.145. The van der Waals surface area contributed by atoms with Crippen molar-refractivity contribution in [3.05, 3.63) is 30.1 Å². The lowest BCUT2D eigenvalue weighted by atomic mass is 9.87. The maximum Gasteiger partial charge on any atom is 0.271 e. The van der Waals surface area contributed by atoms with Crippen LogP contribution in [-0.4, -0.2) is 58.0 Å². The molecule has 2 amide bonds. The summed E-state index contributed by atoms with van der Waals surface area (Å²) in [6.07, 6.45) is 5.53. The Hall–Kier alpha value is -2.44. The Balaban J connectivity index is 1.61. The van der Waals surface area contributed by atoms with Crippen LogP contribution in [0.5, 0.6) is 0 Å². The molecule has 1 spiro atoms. The highest BCUT2D eigenvalue weighted by atomic mass is 16.7. The second-order valence-electron chi connectivity index (χ2n) is 7.85. The van der Waals surface area contributed by atoms with Gasteiger partial charge in [0.25, 0.3) is 5.91 Å². The Morgan fingerprint density at radius 2 is 2.11 bits per heavy atom. The van der Waals surface area contributed by atoms with Crippen molar-refractivity contribution in [1.29, 1.82) is 0 Å². The van der Waals surface area contributed by atoms with Crippen molar-refractivity contribution < 1.29 is 14.4 Å². The van der Waals surface area contributed by atoms with Crippen molar-refractivity contribution in [2.24, 2.45) is 11.1 Å². The van der Waals surface area contributed by atoms with Gasteiger partial charge in [-0.25, -0.2) is 0 Å². The number of amides is 2. The number of nitrogens with zero attached hydrogens (tertiary/aromatic N) is 4. The first kappa shape index (κ1) is 20.3. The summed E-state index contributed by atoms with van der Waals surface area (Å²) in [4.78, 5) is 39.1. The zero-order chi connectivity index (χ0) is 20.1. The predicted molar refractivity (Wildman–Crippen MR) is 106 cm³/mol. The highest BCUT2D eigenvalue weighted by molar-refractivity contribution is 6.39. The standard InChI is InChI=1S/C21H30N4O3/c1-4-16(5-2)19(26)25-12-8-10-21(15-25)13-18(23-28-21)20(27)24(3)14-17-9-6-7-11-22-17/h6-7,9,11,16H,4-5,8,10,12-15H2,1-3H3/t21-/m1/s1. The van der Waals surface area contributed by atoms with Crippen LogP contribution in [-0.2, 0) is 21.0 Å². The van der Waals surface area contributed by atoms with Crippen LogP contribution in [0.1, 0.15) is 51.6 Å². The minimum atomic E-state index is -0.559. The van der Waals surface area contributed by atoms with Gasteiger partial charge in [-0.15, -0.1) is 0 Å². The SMILES string of the molecule is CCC(CC)C(=O)N1CCC[C@@]2(CC(C(=O)N(C)Cc3ccccn3)=NO2)C1. The molecule has 152 valence electrons. The third kappa shape index (κ3) is 4.34. The molecule has 0 aliphatic carbocycles. The van der Waals surface area contributed by atoms with Crippen LogP contribution >= 0.6 is 0 Å². The molecule has 1 fully saturated rings. The summed E-state index contributed by atoms with van der Waals surface area (Å²) >= 11 is 0. The van der Waals surface area contributed by atoms with Crippen LogP contribution in [0.25, 0.3) is 0 Å². The molecule has 0 N–H and O–H groups in total. The van der Waals surface area contributed by atoms with Gasteiger partial charge in [-0.1, -0.05) is 25.1 Å². The highest BCUT2D eigenvalue weighted by Gasteiger charge is 2.46. The first-order valence-corrected chi connectivity index (χ1v) is 10.2. The minimum Gasteiger partial charge on any atom is -0.386 e. The number of hydrogen-bond donors (Lipinski definition) is 0. The van der Waals surface area contributed by atoms with E-state index in [9.17, 15) is 9.59 Å². The summed E-state index contributed by atoms with van der Waals surface area (Å²) < 4.78 is 0. The average Bonchev–Trinajstić information content (AvgIpc) is 3.12. The lowest BCUT2D eigenvalue weighted by Gasteiger charge is -2.39. The van der Waals surface area contributed by atoms with Crippen LogP contribution in [0, 0.1) is 5.92 Å². The molecule has 1 aromatic heterocycles. The molecular formula is C21H30N4O3. The van der Waals surface area contributed by atoms with E-state index in [1.54, 1.807) is 18.1 Å². The number of carbonyl (C=O) groups is 2. The second-order valence-corrected chi connectivity index (χ2v) is 7.85. The average molecular weight is 386 g/mol. The summed E-state index contributed by atoms with van der Waals surface area (Å²) in [5, 5.41) is 4.12. The van der Waals surface area contributed by atoms with Gasteiger partial charge >= 0.3 is 0 Å². The van der Waals surface area contributed by atoms with Crippen molar-refractivity contribution in [2.75, 3.05) is 20.1 Å². The number of likely N-dealkylation sites (tertiary alicyclic amines) is 1. The Morgan fingerprint density at radius 1 is 1.32 bits per heavy atom. The summed E-state index contributed by atoms with van der Waals surface area (Å²) in [5.74, 6) is 0.105. The smallest absolute Gasteiger partial charge is 0.271 e. The number of aromatic nitrogens is 1. The van der Waals surface area contributed by atoms with Gasteiger partial charge in [-0.05, 0) is 37.8 Å². The van der Waals surface area contributed by atoms with Crippen molar-refractivity contribution in [3.8, 4) is 0 Å². The van der Waals surface area contributed by atoms with E-state index in [2.05, 4.69) is 24.0 Å². The molecule has 0 unspecified atom stereocenters. The van der Waals surface area contributed by atoms with Gasteiger partial charge in [0.2, 0.25) is 5.91 Å². The molecular weight excluding hydrogens is 356 g/mol. The molecule has 1 saturated heterocycles. The topological polar surface area (TPSA) is 75.1 Å². The van der Waals surface area contributed by atoms with Crippen LogP contribution in [0.3, 0.4) is 0 Å². The zero-order valence-electron chi connectivity index (χ0n) is 17.1. The number of piperidine rings is 1. The molecule has 7 heteroatoms. The minimum absolute atomic E-state index is 0.0584. The first-order valence-electron chi connectivity index (χ1n) is 10.2. The van der Waals surface area contributed by atoms with Crippen molar-refractivity contribution >= 4 is 17.5 Å². The maximum absolute atomic E-state index is 12.8. The normalized spacial score (nSPS) is 21.6. The molecule has 3 rings (SSSR count). The van der Waals surface area contributed by atoms with Gasteiger partial charge in [0.15, 0.2) is 5.60 Å². The van der Waals surface area contributed by atoms with Gasteiger partial charge in [-0.2, -0.15) is 0 Å². The monoisotopic (exact) mass is 386 g/mol. The van der Waals surface area contributed by atoms with Gasteiger partial charge in [0, 0.05) is 32.1 Å². The highest BCUT2D eigenvalue weighted by Crippen LogP contribution is 2.34. The fourth-order valence-corrected chi connectivity index (χ4v) is 4.06. The number of rotatable bonds is 6. The summed E-state index contributed by atoms with van der Waals surface area (Å²) in [6.45, 7) is 5.78. The van der Waals surface area contributed by atoms with Crippen molar-refractivity contribution in [1.82, 2.24) is 14.8 Å². The summed E-state index contributed by atoms with van der Waals surface area (Å²) in [7, 11) is 1.74. The third-order valence-electron chi connectivity index (χ3n) is 5.74. The number of oxime groups is 1. The lowest BCUT2D eigenvalue weighted by Crippen LogP contribution is -2.52. The molecule has 3 heterocycles. The Bertz CT molecular complexity index is 732. The number of hydrogen-bond acceptors (Lipinski definition) is 5. The molecule has 7 nitrogen and oxygen atoms in total. The molecule has 1 aromatic rings. The largest absolute Gasteiger partial charge is 0.386 e. The zero-order valence-corrected chi connectivity index (χ0v) is 17.1. The summed E-state index contributed by atoms with van der Waals surface area (Å²) in [5.41, 5.74) is 0.694. The first-order chi connectivity index (χ1) is 13.5. The van der Waals surface area contributed by atoms with Gasteiger partial charge in [0.05, 0.1) is 18.8 Å². The molecule has 2 aliphatic rings. The molecule has 0 bridgehead atoms. The Kier molecular flexibility index (Phi) is 6.31. The van der Waals surface area contributed by atoms with E-state index in [4.69, 9.17) is 4.84 Å².